The maximum Gasteiger partial charge on any atom is 0.472 e. The number of aliphatic hydroxyl groups is 1. The zero-order valence-electron chi connectivity index (χ0n) is 61.6. The number of ether oxygens (including phenoxy) is 4. The van der Waals surface area contributed by atoms with E-state index in [1.54, 1.807) is 0 Å². The number of hydrogen-bond donors (Lipinski definition) is 3. The van der Waals surface area contributed by atoms with Crippen LogP contribution >= 0.6 is 15.6 Å². The molecule has 95 heavy (non-hydrogen) atoms. The van der Waals surface area contributed by atoms with Crippen LogP contribution in [0.1, 0.15) is 363 Å². The van der Waals surface area contributed by atoms with Gasteiger partial charge in [-0.3, -0.25) is 37.3 Å². The zero-order valence-corrected chi connectivity index (χ0v) is 63.4. The Bertz CT molecular complexity index is 1950. The van der Waals surface area contributed by atoms with Crippen LogP contribution in [0.25, 0.3) is 0 Å². The van der Waals surface area contributed by atoms with Crippen molar-refractivity contribution in [3.8, 4) is 0 Å². The highest BCUT2D eigenvalue weighted by atomic mass is 31.2. The van der Waals surface area contributed by atoms with Gasteiger partial charge in [-0.05, 0) is 69.1 Å². The van der Waals surface area contributed by atoms with E-state index in [0.717, 1.165) is 127 Å². The van der Waals surface area contributed by atoms with Gasteiger partial charge in [0.1, 0.15) is 19.3 Å². The van der Waals surface area contributed by atoms with Gasteiger partial charge in [0.05, 0.1) is 26.4 Å². The van der Waals surface area contributed by atoms with Crippen LogP contribution in [-0.2, 0) is 65.4 Å². The van der Waals surface area contributed by atoms with E-state index in [-0.39, 0.29) is 25.7 Å². The maximum atomic E-state index is 13.1. The van der Waals surface area contributed by atoms with Crippen molar-refractivity contribution < 1.29 is 80.2 Å². The number of aliphatic hydroxyl groups excluding tert-OH is 1. The molecule has 19 heteroatoms. The molecule has 3 N–H and O–H groups in total. The lowest BCUT2D eigenvalue weighted by molar-refractivity contribution is -0.161. The maximum absolute atomic E-state index is 13.1. The van der Waals surface area contributed by atoms with Crippen molar-refractivity contribution in [1.29, 1.82) is 0 Å². The van der Waals surface area contributed by atoms with Crippen molar-refractivity contribution in [3.63, 3.8) is 0 Å². The third kappa shape index (κ3) is 68.5. The molecule has 0 amide bonds. The Kier molecular flexibility index (Phi) is 64.4. The van der Waals surface area contributed by atoms with Crippen LogP contribution in [0.2, 0.25) is 0 Å². The van der Waals surface area contributed by atoms with Gasteiger partial charge < -0.3 is 33.8 Å². The molecule has 0 rings (SSSR count). The Morgan fingerprint density at radius 1 is 0.347 bits per heavy atom. The highest BCUT2D eigenvalue weighted by Crippen LogP contribution is 2.45. The van der Waals surface area contributed by atoms with Crippen molar-refractivity contribution in [2.24, 2.45) is 17.8 Å². The van der Waals surface area contributed by atoms with Gasteiger partial charge in [0, 0.05) is 25.7 Å². The number of unbranched alkanes of at least 4 members (excludes halogenated alkanes) is 36. The fourth-order valence-electron chi connectivity index (χ4n) is 11.0. The molecular weight excluding hydrogens is 1250 g/mol. The normalized spacial score (nSPS) is 14.5. The number of carbonyl (C=O) groups is 4. The fraction of sp³-hybridized carbons (Fsp3) is 0.895. The van der Waals surface area contributed by atoms with E-state index in [2.05, 4.69) is 72.8 Å². The summed E-state index contributed by atoms with van der Waals surface area (Å²) >= 11 is 0. The second-order valence-electron chi connectivity index (χ2n) is 27.9. The molecule has 0 fully saturated rings. The van der Waals surface area contributed by atoms with Crippen LogP contribution in [0, 0.1) is 17.8 Å². The van der Waals surface area contributed by atoms with Crippen LogP contribution < -0.4 is 0 Å². The molecule has 3 unspecified atom stereocenters. The Morgan fingerprint density at radius 3 is 0.937 bits per heavy atom. The van der Waals surface area contributed by atoms with E-state index < -0.39 is 97.5 Å². The molecule has 0 aromatic heterocycles. The molecule has 0 saturated carbocycles. The highest BCUT2D eigenvalue weighted by molar-refractivity contribution is 7.47. The topological polar surface area (TPSA) is 237 Å². The Hall–Kier alpha value is -2.46. The van der Waals surface area contributed by atoms with Gasteiger partial charge in [0.15, 0.2) is 12.2 Å². The van der Waals surface area contributed by atoms with Crippen LogP contribution in [0.3, 0.4) is 0 Å². The van der Waals surface area contributed by atoms with Crippen LogP contribution in [-0.4, -0.2) is 96.7 Å². The van der Waals surface area contributed by atoms with E-state index in [4.69, 9.17) is 37.0 Å². The van der Waals surface area contributed by atoms with Gasteiger partial charge in [-0.15, -0.1) is 0 Å². The summed E-state index contributed by atoms with van der Waals surface area (Å²) in [6.45, 7) is 11.7. The van der Waals surface area contributed by atoms with E-state index in [1.165, 1.54) is 148 Å². The number of phosphoric acid groups is 2. The summed E-state index contributed by atoms with van der Waals surface area (Å²) < 4.78 is 68.4. The number of carbonyl (C=O) groups excluding carboxylic acids is 4. The first kappa shape index (κ1) is 92.5. The van der Waals surface area contributed by atoms with Crippen LogP contribution in [0.4, 0.5) is 0 Å². The van der Waals surface area contributed by atoms with E-state index >= 15 is 0 Å². The minimum Gasteiger partial charge on any atom is -0.462 e. The monoisotopic (exact) mass is 1390 g/mol. The minimum atomic E-state index is -4.96. The van der Waals surface area contributed by atoms with Gasteiger partial charge >= 0.3 is 39.5 Å². The Morgan fingerprint density at radius 2 is 0.621 bits per heavy atom. The molecule has 0 saturated heterocycles. The Balaban J connectivity index is 5.20. The summed E-state index contributed by atoms with van der Waals surface area (Å²) in [5.41, 5.74) is 0. The van der Waals surface area contributed by atoms with Gasteiger partial charge in [-0.25, -0.2) is 9.13 Å². The molecule has 0 spiro atoms. The average Bonchev–Trinajstić information content (AvgIpc) is 2.12. The van der Waals surface area contributed by atoms with E-state index in [1.807, 2.05) is 0 Å². The second kappa shape index (κ2) is 66.1. The zero-order chi connectivity index (χ0) is 70.1. The van der Waals surface area contributed by atoms with Crippen LogP contribution in [0.15, 0.2) is 24.3 Å². The van der Waals surface area contributed by atoms with Gasteiger partial charge in [-0.2, -0.15) is 0 Å². The summed E-state index contributed by atoms with van der Waals surface area (Å²) in [7, 11) is -9.92. The predicted octanol–water partition coefficient (Wildman–Crippen LogP) is 21.7. The molecule has 0 aliphatic carbocycles. The summed E-state index contributed by atoms with van der Waals surface area (Å²) in [5.74, 6) is 0.0706. The lowest BCUT2D eigenvalue weighted by atomic mass is 10.00. The lowest BCUT2D eigenvalue weighted by Crippen LogP contribution is -2.30. The first-order valence-corrected chi connectivity index (χ1v) is 41.7. The molecular formula is C76H144O17P2. The Labute approximate surface area is 580 Å². The van der Waals surface area contributed by atoms with E-state index in [0.29, 0.717) is 31.6 Å². The molecule has 6 atom stereocenters. The standard InChI is InChI=1S/C76H144O17P2/c1-8-10-11-12-13-14-15-16-21-25-28-31-34-45-52-59-75(80)92-71(63-86-73(78)57-50-43-38-36-41-48-55-68(5)6)65-90-94(82,83)88-61-70(77)62-89-95(84,85)91-66-72(64-87-74(79)58-51-44-39-37-42-49-56-69(7)9-2)93-76(81)60-53-46-35-32-29-26-23-20-18-17-19-22-24-27-30-33-40-47-54-67(3)4/h14-16,21,67-72,77H,8-13,17-20,22-66H2,1-7H3,(H,82,83)(H,84,85)/b15-14-,21-16-/t69?,70-,71-,72-/m1/s1. The summed E-state index contributed by atoms with van der Waals surface area (Å²) in [5, 5.41) is 10.6. The summed E-state index contributed by atoms with van der Waals surface area (Å²) in [6, 6.07) is 0. The van der Waals surface area contributed by atoms with Crippen molar-refractivity contribution in [2.45, 2.75) is 381 Å². The molecule has 0 heterocycles. The first-order chi connectivity index (χ1) is 45.8. The van der Waals surface area contributed by atoms with Crippen LogP contribution in [0.5, 0.6) is 0 Å². The molecule has 0 aliphatic rings. The highest BCUT2D eigenvalue weighted by Gasteiger charge is 2.30. The number of phosphoric ester groups is 2. The molecule has 0 radical (unpaired) electrons. The number of esters is 4. The van der Waals surface area contributed by atoms with Crippen molar-refractivity contribution in [1.82, 2.24) is 0 Å². The molecule has 0 aromatic carbocycles. The number of hydrogen-bond acceptors (Lipinski definition) is 15. The van der Waals surface area contributed by atoms with Gasteiger partial charge in [0.2, 0.25) is 0 Å². The third-order valence-electron chi connectivity index (χ3n) is 17.4. The van der Waals surface area contributed by atoms with Gasteiger partial charge in [-0.1, -0.05) is 310 Å². The lowest BCUT2D eigenvalue weighted by Gasteiger charge is -2.21. The van der Waals surface area contributed by atoms with Gasteiger partial charge in [0.25, 0.3) is 0 Å². The second-order valence-corrected chi connectivity index (χ2v) is 30.8. The summed E-state index contributed by atoms with van der Waals surface area (Å²) in [6.07, 6.45) is 55.3. The minimum absolute atomic E-state index is 0.0836. The fourth-order valence-corrected chi connectivity index (χ4v) is 12.6. The number of allylic oxidation sites excluding steroid dienone is 4. The predicted molar refractivity (Wildman–Crippen MR) is 386 cm³/mol. The SMILES string of the molecule is CCCCCC/C=C\C=C/CCCCCCCC(=O)O[C@H](COC(=O)CCCCCCCCC(C)C)COP(=O)(O)OC[C@@H](O)COP(=O)(O)OC[C@@H](COC(=O)CCCCCCCCC(C)CC)OC(=O)CCCCCCCCCCCCCCCCCCCCC(C)C. The summed E-state index contributed by atoms with van der Waals surface area (Å²) in [4.78, 5) is 72.7. The van der Waals surface area contributed by atoms with Crippen molar-refractivity contribution in [3.05, 3.63) is 24.3 Å². The quantitative estimate of drug-likeness (QED) is 0.0169. The smallest absolute Gasteiger partial charge is 0.462 e. The van der Waals surface area contributed by atoms with Crippen molar-refractivity contribution >= 4 is 39.5 Å². The number of rotatable bonds is 72. The molecule has 560 valence electrons. The average molecular weight is 1390 g/mol. The molecule has 0 bridgehead atoms. The van der Waals surface area contributed by atoms with E-state index in [9.17, 15) is 43.2 Å². The first-order valence-electron chi connectivity index (χ1n) is 38.7. The third-order valence-corrected chi connectivity index (χ3v) is 19.3. The largest absolute Gasteiger partial charge is 0.472 e. The molecule has 0 aromatic rings. The molecule has 0 aliphatic heterocycles. The van der Waals surface area contributed by atoms with Crippen molar-refractivity contribution in [2.75, 3.05) is 39.6 Å². The molecule has 17 nitrogen and oxygen atoms in total.